The smallest absolute Gasteiger partial charge is 0.0998 e. The summed E-state index contributed by atoms with van der Waals surface area (Å²) in [6, 6.07) is 8.58. The Morgan fingerprint density at radius 1 is 0.952 bits per heavy atom. The van der Waals surface area contributed by atoms with Gasteiger partial charge in [0, 0.05) is 16.0 Å². The number of aromatic nitrogens is 2. The molecule has 0 amide bonds. The number of hydrogen-bond donors (Lipinski definition) is 3. The average molecular weight is 312 g/mol. The number of thiophene rings is 2. The summed E-state index contributed by atoms with van der Waals surface area (Å²) in [5.74, 6) is 0.817. The summed E-state index contributed by atoms with van der Waals surface area (Å²) in [5.41, 5.74) is 2.13. The van der Waals surface area contributed by atoms with Gasteiger partial charge in [-0.2, -0.15) is 0 Å². The van der Waals surface area contributed by atoms with Crippen molar-refractivity contribution < 1.29 is 0 Å². The molecule has 0 aliphatic carbocycles. The molecule has 104 valence electrons. The Kier molecular flexibility index (Phi) is 2.90. The average Bonchev–Trinajstić information content (AvgIpc) is 3.25. The quantitative estimate of drug-likeness (QED) is 0.689. The van der Waals surface area contributed by atoms with Crippen molar-refractivity contribution in [3.63, 3.8) is 0 Å². The van der Waals surface area contributed by atoms with Crippen molar-refractivity contribution in [3.8, 4) is 20.3 Å². The molecule has 3 N–H and O–H groups in total. The van der Waals surface area contributed by atoms with Gasteiger partial charge in [-0.05, 0) is 24.3 Å². The fourth-order valence-corrected chi connectivity index (χ4v) is 4.19. The third-order valence-electron chi connectivity index (χ3n) is 3.16. The van der Waals surface area contributed by atoms with Crippen LogP contribution in [0.1, 0.15) is 4.88 Å². The Morgan fingerprint density at radius 3 is 2.33 bits per heavy atom. The molecular formula is C15H12N4S2. The molecule has 21 heavy (non-hydrogen) atoms. The third-order valence-corrected chi connectivity index (χ3v) is 5.59. The van der Waals surface area contributed by atoms with E-state index in [4.69, 9.17) is 0 Å². The minimum absolute atomic E-state index is 0.817. The third kappa shape index (κ3) is 2.28. The summed E-state index contributed by atoms with van der Waals surface area (Å²) in [7, 11) is 0. The summed E-state index contributed by atoms with van der Waals surface area (Å²) >= 11 is 3.53. The van der Waals surface area contributed by atoms with E-state index in [1.165, 1.54) is 19.5 Å². The largest absolute Gasteiger partial charge is 0.347 e. The Morgan fingerprint density at radius 2 is 1.67 bits per heavy atom. The summed E-state index contributed by atoms with van der Waals surface area (Å²) < 4.78 is 0. The fourth-order valence-electron chi connectivity index (χ4n) is 2.15. The lowest BCUT2D eigenvalue weighted by Gasteiger charge is -1.99. The van der Waals surface area contributed by atoms with Gasteiger partial charge in [0.05, 0.1) is 39.5 Å². The molecule has 0 fully saturated rings. The number of imidazole rings is 1. The molecule has 0 aromatic carbocycles. The van der Waals surface area contributed by atoms with E-state index < -0.39 is 0 Å². The first-order valence-electron chi connectivity index (χ1n) is 6.41. The van der Waals surface area contributed by atoms with Crippen molar-refractivity contribution in [3.05, 3.63) is 60.3 Å². The molecule has 0 saturated carbocycles. The zero-order valence-corrected chi connectivity index (χ0v) is 12.6. The molecule has 0 radical (unpaired) electrons. The summed E-state index contributed by atoms with van der Waals surface area (Å²) in [5, 5.41) is 6.29. The lowest BCUT2D eigenvalue weighted by atomic mass is 10.3. The van der Waals surface area contributed by atoms with Crippen molar-refractivity contribution in [2.75, 3.05) is 0 Å². The van der Waals surface area contributed by atoms with E-state index in [9.17, 15) is 0 Å². The van der Waals surface area contributed by atoms with Crippen LogP contribution in [0, 0.1) is 0 Å². The Labute approximate surface area is 129 Å². The monoisotopic (exact) mass is 312 g/mol. The molecule has 0 unspecified atom stereocenters. The second kappa shape index (κ2) is 4.91. The maximum atomic E-state index is 4.07. The molecule has 0 spiro atoms. The topological polar surface area (TPSA) is 52.7 Å². The van der Waals surface area contributed by atoms with Gasteiger partial charge in [-0.3, -0.25) is 0 Å². The Hall–Kier alpha value is -2.31. The van der Waals surface area contributed by atoms with Gasteiger partial charge in [0.2, 0.25) is 0 Å². The minimum atomic E-state index is 0.817. The number of H-pyrrole nitrogens is 1. The molecule has 4 nitrogen and oxygen atoms in total. The van der Waals surface area contributed by atoms with Gasteiger partial charge >= 0.3 is 0 Å². The molecule has 0 atom stereocenters. The van der Waals surface area contributed by atoms with Crippen LogP contribution in [0.3, 0.4) is 0 Å². The molecule has 0 saturated heterocycles. The molecule has 6 heteroatoms. The number of nitrogens with one attached hydrogen (secondary N) is 3. The van der Waals surface area contributed by atoms with E-state index in [0.717, 1.165) is 17.2 Å². The van der Waals surface area contributed by atoms with Crippen LogP contribution < -0.4 is 10.6 Å². The zero-order valence-electron chi connectivity index (χ0n) is 11.0. The first-order chi connectivity index (χ1) is 10.3. The Bertz CT molecular complexity index is 824. The predicted molar refractivity (Wildman–Crippen MR) is 88.6 cm³/mol. The van der Waals surface area contributed by atoms with E-state index >= 15 is 0 Å². The predicted octanol–water partition coefficient (Wildman–Crippen LogP) is 3.83. The van der Waals surface area contributed by atoms with Gasteiger partial charge in [-0.25, -0.2) is 4.98 Å². The van der Waals surface area contributed by atoms with Gasteiger partial charge in [-0.1, -0.05) is 6.58 Å². The van der Waals surface area contributed by atoms with Crippen molar-refractivity contribution in [2.24, 2.45) is 0 Å². The number of hydrogen-bond acceptors (Lipinski definition) is 5. The molecule has 4 heterocycles. The lowest BCUT2D eigenvalue weighted by molar-refractivity contribution is 1.01. The van der Waals surface area contributed by atoms with Gasteiger partial charge in [0.15, 0.2) is 0 Å². The normalized spacial score (nSPS) is 13.9. The van der Waals surface area contributed by atoms with E-state index in [1.54, 1.807) is 29.0 Å². The maximum Gasteiger partial charge on any atom is 0.0998 e. The van der Waals surface area contributed by atoms with Gasteiger partial charge in [0.25, 0.3) is 0 Å². The number of aromatic amines is 1. The van der Waals surface area contributed by atoms with Crippen LogP contribution in [-0.2, 0) is 0 Å². The zero-order chi connectivity index (χ0) is 14.2. The van der Waals surface area contributed by atoms with Gasteiger partial charge in [-0.15, -0.1) is 22.7 Å². The van der Waals surface area contributed by atoms with Crippen LogP contribution >= 0.6 is 22.7 Å². The van der Waals surface area contributed by atoms with Crippen LogP contribution in [0.5, 0.6) is 0 Å². The SMILES string of the molecule is C=C1NC=C(c2ccc(-c3ccc(-c4cnc[nH]4)s3)s2)N1. The van der Waals surface area contributed by atoms with Crippen molar-refractivity contribution in [1.29, 1.82) is 0 Å². The number of nitrogens with zero attached hydrogens (tertiary/aromatic N) is 1. The summed E-state index contributed by atoms with van der Waals surface area (Å²) in [6.07, 6.45) is 5.50. The highest BCUT2D eigenvalue weighted by Crippen LogP contribution is 2.38. The molecule has 1 aliphatic rings. The van der Waals surface area contributed by atoms with Crippen LogP contribution in [0.2, 0.25) is 0 Å². The molecule has 3 aromatic heterocycles. The highest BCUT2D eigenvalue weighted by atomic mass is 32.1. The molecule has 0 bridgehead atoms. The summed E-state index contributed by atoms with van der Waals surface area (Å²) in [6.45, 7) is 3.85. The second-order valence-corrected chi connectivity index (χ2v) is 6.77. The van der Waals surface area contributed by atoms with Crippen LogP contribution in [0.4, 0.5) is 0 Å². The van der Waals surface area contributed by atoms with Crippen LogP contribution in [0.25, 0.3) is 26.0 Å². The second-order valence-electron chi connectivity index (χ2n) is 4.60. The van der Waals surface area contributed by atoms with Gasteiger partial charge < -0.3 is 15.6 Å². The van der Waals surface area contributed by atoms with E-state index in [-0.39, 0.29) is 0 Å². The lowest BCUT2D eigenvalue weighted by Crippen LogP contribution is -2.09. The van der Waals surface area contributed by atoms with E-state index in [0.29, 0.717) is 0 Å². The summed E-state index contributed by atoms with van der Waals surface area (Å²) in [4.78, 5) is 12.1. The molecule has 1 aliphatic heterocycles. The fraction of sp³-hybridized carbons (Fsp3) is 0. The minimum Gasteiger partial charge on any atom is -0.347 e. The molecule has 4 rings (SSSR count). The first-order valence-corrected chi connectivity index (χ1v) is 8.05. The maximum absolute atomic E-state index is 4.07. The van der Waals surface area contributed by atoms with Crippen molar-refractivity contribution in [2.45, 2.75) is 0 Å². The van der Waals surface area contributed by atoms with E-state index in [2.05, 4.69) is 51.4 Å². The highest BCUT2D eigenvalue weighted by molar-refractivity contribution is 7.24. The highest BCUT2D eigenvalue weighted by Gasteiger charge is 2.13. The van der Waals surface area contributed by atoms with E-state index in [1.807, 2.05) is 12.4 Å². The van der Waals surface area contributed by atoms with Gasteiger partial charge in [0.1, 0.15) is 0 Å². The van der Waals surface area contributed by atoms with Crippen LogP contribution in [-0.4, -0.2) is 9.97 Å². The standard InChI is InChI=1S/C15H12N4S2/c1-9-17-7-11(19-9)13-3-5-15(21-13)14-4-2-12(20-14)10-6-16-8-18-10/h2-8,17,19H,1H2,(H,16,18). The van der Waals surface area contributed by atoms with Crippen LogP contribution in [0.15, 0.2) is 55.4 Å². The molecular weight excluding hydrogens is 300 g/mol. The molecule has 3 aromatic rings. The first kappa shape index (κ1) is 12.4. The van der Waals surface area contributed by atoms with Crippen molar-refractivity contribution >= 4 is 28.4 Å². The Balaban J connectivity index is 1.63. The van der Waals surface area contributed by atoms with Crippen molar-refractivity contribution in [1.82, 2.24) is 20.6 Å². The number of rotatable bonds is 3.